The summed E-state index contributed by atoms with van der Waals surface area (Å²) < 4.78 is 7.46. The van der Waals surface area contributed by atoms with Gasteiger partial charge in [0.25, 0.3) is 5.56 Å². The number of aromatic nitrogens is 5. The van der Waals surface area contributed by atoms with Crippen molar-refractivity contribution in [3.63, 3.8) is 0 Å². The molecular weight excluding hydrogens is 368 g/mol. The highest BCUT2D eigenvalue weighted by Crippen LogP contribution is 2.25. The molecule has 0 aliphatic carbocycles. The Morgan fingerprint density at radius 3 is 2.79 bits per heavy atom. The molecule has 1 aromatic carbocycles. The molecule has 1 fully saturated rings. The molecule has 29 heavy (non-hydrogen) atoms. The van der Waals surface area contributed by atoms with Crippen LogP contribution < -0.4 is 10.5 Å². The van der Waals surface area contributed by atoms with Crippen LogP contribution >= 0.6 is 0 Å². The number of H-pyrrole nitrogens is 1. The van der Waals surface area contributed by atoms with Gasteiger partial charge in [0.15, 0.2) is 6.04 Å². The number of tetrazole rings is 1. The summed E-state index contributed by atoms with van der Waals surface area (Å²) in [5.41, 5.74) is 2.30. The number of ether oxygens (including phenoxy) is 1. The van der Waals surface area contributed by atoms with Crippen LogP contribution in [0, 0.1) is 6.92 Å². The Bertz CT molecular complexity index is 1060. The van der Waals surface area contributed by atoms with E-state index in [4.69, 9.17) is 4.74 Å². The molecule has 3 heterocycles. The van der Waals surface area contributed by atoms with Gasteiger partial charge in [0.2, 0.25) is 5.82 Å². The first-order chi connectivity index (χ1) is 13.9. The van der Waals surface area contributed by atoms with Crippen LogP contribution in [0.4, 0.5) is 0 Å². The maximum Gasteiger partial charge on any atom is 0.258 e. The number of quaternary nitrogens is 1. The number of nitrogens with zero attached hydrogens (tertiary/aromatic N) is 4. The highest BCUT2D eigenvalue weighted by Gasteiger charge is 2.37. The molecular formula is C21H29N6O2+. The molecule has 1 atom stereocenters. The van der Waals surface area contributed by atoms with Gasteiger partial charge >= 0.3 is 0 Å². The van der Waals surface area contributed by atoms with E-state index in [1.54, 1.807) is 0 Å². The summed E-state index contributed by atoms with van der Waals surface area (Å²) in [4.78, 5) is 17.6. The summed E-state index contributed by atoms with van der Waals surface area (Å²) >= 11 is 0. The van der Waals surface area contributed by atoms with Crippen molar-refractivity contribution in [2.45, 2.75) is 45.7 Å². The van der Waals surface area contributed by atoms with Crippen molar-refractivity contribution >= 4 is 10.9 Å². The number of fused-ring (bicyclic) bond motifs is 1. The Hall–Kier alpha value is -2.58. The molecule has 0 spiro atoms. The molecule has 0 radical (unpaired) electrons. The summed E-state index contributed by atoms with van der Waals surface area (Å²) in [6.45, 7) is 11.3. The predicted molar refractivity (Wildman–Crippen MR) is 110 cm³/mol. The minimum atomic E-state index is -0.256. The zero-order valence-electron chi connectivity index (χ0n) is 17.5. The standard InChI is InChI=1S/C21H28N6O2/c1-5-21(3,4)27-19(23-24-25-27)18(26-9-11-29-12-10-26)16-13-15-8-6-7-14(2)17(15)22-20(16)28/h6-8,13,18H,5,9-12H2,1-4H3,(H,22,28)/p+1/t18-/m0/s1. The van der Waals surface area contributed by atoms with E-state index >= 15 is 0 Å². The molecule has 154 valence electrons. The quantitative estimate of drug-likeness (QED) is 0.670. The van der Waals surface area contributed by atoms with E-state index in [-0.39, 0.29) is 17.1 Å². The van der Waals surface area contributed by atoms with Crippen LogP contribution in [0.15, 0.2) is 29.1 Å². The molecule has 2 aromatic heterocycles. The van der Waals surface area contributed by atoms with Crippen LogP contribution in [0.3, 0.4) is 0 Å². The summed E-state index contributed by atoms with van der Waals surface area (Å²) in [6, 6.07) is 7.81. The third-order valence-electron chi connectivity index (χ3n) is 6.16. The smallest absolute Gasteiger partial charge is 0.258 e. The van der Waals surface area contributed by atoms with Crippen LogP contribution in [0.2, 0.25) is 0 Å². The minimum Gasteiger partial charge on any atom is -0.370 e. The lowest BCUT2D eigenvalue weighted by atomic mass is 9.98. The first-order valence-corrected chi connectivity index (χ1v) is 10.3. The normalized spacial score (nSPS) is 17.0. The van der Waals surface area contributed by atoms with Gasteiger partial charge in [-0.1, -0.05) is 25.1 Å². The molecule has 8 heteroatoms. The lowest BCUT2D eigenvalue weighted by Gasteiger charge is -2.32. The SMILES string of the molecule is CCC(C)(C)n1nnnc1[C@H](c1cc2cccc(C)c2[nH]c1=O)[NH+]1CCOCC1. The molecule has 1 aliphatic heterocycles. The number of benzene rings is 1. The fourth-order valence-electron chi connectivity index (χ4n) is 4.03. The van der Waals surface area contributed by atoms with Crippen LogP contribution in [0.25, 0.3) is 10.9 Å². The fraction of sp³-hybridized carbons (Fsp3) is 0.524. The lowest BCUT2D eigenvalue weighted by Crippen LogP contribution is -3.14. The van der Waals surface area contributed by atoms with Crippen molar-refractivity contribution in [1.29, 1.82) is 0 Å². The molecule has 1 saturated heterocycles. The van der Waals surface area contributed by atoms with E-state index in [0.717, 1.165) is 41.8 Å². The highest BCUT2D eigenvalue weighted by atomic mass is 16.5. The Labute approximate surface area is 169 Å². The number of aromatic amines is 1. The van der Waals surface area contributed by atoms with E-state index in [1.807, 2.05) is 35.9 Å². The van der Waals surface area contributed by atoms with Crippen molar-refractivity contribution in [2.75, 3.05) is 26.3 Å². The summed E-state index contributed by atoms with van der Waals surface area (Å²) in [6.07, 6.45) is 0.878. The van der Waals surface area contributed by atoms with Gasteiger partial charge in [-0.05, 0) is 54.6 Å². The van der Waals surface area contributed by atoms with Gasteiger partial charge in [-0.25, -0.2) is 4.68 Å². The molecule has 3 aromatic rings. The second-order valence-corrected chi connectivity index (χ2v) is 8.41. The first kappa shape index (κ1) is 19.7. The van der Waals surface area contributed by atoms with Crippen LogP contribution in [-0.4, -0.2) is 51.5 Å². The zero-order chi connectivity index (χ0) is 20.6. The number of rotatable bonds is 5. The van der Waals surface area contributed by atoms with Gasteiger partial charge in [0.05, 0.1) is 29.8 Å². The lowest BCUT2D eigenvalue weighted by molar-refractivity contribution is -0.934. The van der Waals surface area contributed by atoms with Gasteiger partial charge in [0, 0.05) is 0 Å². The van der Waals surface area contributed by atoms with Crippen molar-refractivity contribution in [2.24, 2.45) is 0 Å². The van der Waals surface area contributed by atoms with Crippen LogP contribution in [-0.2, 0) is 10.3 Å². The van der Waals surface area contributed by atoms with Crippen molar-refractivity contribution in [1.82, 2.24) is 25.2 Å². The summed E-state index contributed by atoms with van der Waals surface area (Å²) in [7, 11) is 0. The van der Waals surface area contributed by atoms with Gasteiger partial charge in [-0.3, -0.25) is 4.79 Å². The third-order valence-corrected chi connectivity index (χ3v) is 6.16. The van der Waals surface area contributed by atoms with E-state index < -0.39 is 0 Å². The van der Waals surface area contributed by atoms with E-state index in [1.165, 1.54) is 4.90 Å². The molecule has 0 unspecified atom stereocenters. The molecule has 1 aliphatic rings. The molecule has 4 rings (SSSR count). The first-order valence-electron chi connectivity index (χ1n) is 10.3. The maximum atomic E-state index is 13.2. The molecule has 0 saturated carbocycles. The number of nitrogens with one attached hydrogen (secondary N) is 2. The van der Waals surface area contributed by atoms with Crippen molar-refractivity contribution < 1.29 is 9.64 Å². The Morgan fingerprint density at radius 2 is 2.07 bits per heavy atom. The fourth-order valence-corrected chi connectivity index (χ4v) is 4.03. The third kappa shape index (κ3) is 3.58. The molecule has 8 nitrogen and oxygen atoms in total. The highest BCUT2D eigenvalue weighted by molar-refractivity contribution is 5.82. The Kier molecular flexibility index (Phi) is 5.23. The van der Waals surface area contributed by atoms with Crippen LogP contribution in [0.1, 0.15) is 50.2 Å². The van der Waals surface area contributed by atoms with Crippen molar-refractivity contribution in [3.8, 4) is 0 Å². The summed E-state index contributed by atoms with van der Waals surface area (Å²) in [5.74, 6) is 0.728. The van der Waals surface area contributed by atoms with Gasteiger partial charge in [-0.2, -0.15) is 0 Å². The van der Waals surface area contributed by atoms with E-state index in [9.17, 15) is 4.79 Å². The largest absolute Gasteiger partial charge is 0.370 e. The number of pyridine rings is 1. The zero-order valence-corrected chi connectivity index (χ0v) is 17.5. The Morgan fingerprint density at radius 1 is 1.31 bits per heavy atom. The van der Waals surface area contributed by atoms with Crippen molar-refractivity contribution in [3.05, 3.63) is 51.6 Å². The maximum absolute atomic E-state index is 13.2. The van der Waals surface area contributed by atoms with Gasteiger partial charge in [0.1, 0.15) is 13.1 Å². The van der Waals surface area contributed by atoms with Crippen LogP contribution in [0.5, 0.6) is 0 Å². The summed E-state index contributed by atoms with van der Waals surface area (Å²) in [5, 5.41) is 13.7. The minimum absolute atomic E-state index is 0.0837. The number of hydrogen-bond acceptors (Lipinski definition) is 5. The molecule has 0 amide bonds. The monoisotopic (exact) mass is 397 g/mol. The van der Waals surface area contributed by atoms with Gasteiger partial charge in [-0.15, -0.1) is 5.10 Å². The second-order valence-electron chi connectivity index (χ2n) is 8.41. The number of para-hydroxylation sites is 1. The number of aryl methyl sites for hydroxylation is 1. The van der Waals surface area contributed by atoms with Gasteiger partial charge < -0.3 is 14.6 Å². The number of hydrogen-bond donors (Lipinski definition) is 2. The average Bonchev–Trinajstić information content (AvgIpc) is 3.21. The number of morpholine rings is 1. The molecule has 0 bridgehead atoms. The van der Waals surface area contributed by atoms with E-state index in [2.05, 4.69) is 41.3 Å². The van der Waals surface area contributed by atoms with E-state index in [0.29, 0.717) is 18.8 Å². The topological polar surface area (TPSA) is 90.1 Å². The Balaban J connectivity index is 1.92. The average molecular weight is 398 g/mol. The predicted octanol–water partition coefficient (Wildman–Crippen LogP) is 0.973. The molecule has 2 N–H and O–H groups in total. The second kappa shape index (κ2) is 7.68.